The molecule has 1 fully saturated rings. The molecule has 0 saturated heterocycles. The summed E-state index contributed by atoms with van der Waals surface area (Å²) in [6, 6.07) is 8.33. The van der Waals surface area contributed by atoms with Crippen molar-refractivity contribution in [1.29, 1.82) is 0 Å². The van der Waals surface area contributed by atoms with Crippen LogP contribution in [0.4, 0.5) is 0 Å². The third kappa shape index (κ3) is 1.15. The second kappa shape index (κ2) is 2.85. The van der Waals surface area contributed by atoms with Crippen molar-refractivity contribution in [3.05, 3.63) is 36.1 Å². The molecule has 0 spiro atoms. The zero-order chi connectivity index (χ0) is 9.54. The van der Waals surface area contributed by atoms with Gasteiger partial charge in [0.25, 0.3) is 0 Å². The highest BCUT2D eigenvalue weighted by atomic mass is 16.3. The van der Waals surface area contributed by atoms with Gasteiger partial charge < -0.3 is 10.2 Å². The summed E-state index contributed by atoms with van der Waals surface area (Å²) >= 11 is 0. The SMILES string of the molecule is NC(c1cccc2ccoc12)C1CC1. The molecule has 0 radical (unpaired) electrons. The Bertz CT molecular complexity index is 456. The molecule has 0 aliphatic heterocycles. The topological polar surface area (TPSA) is 39.2 Å². The molecule has 1 unspecified atom stereocenters. The standard InChI is InChI=1S/C12H13NO/c13-11(8-4-5-8)10-3-1-2-9-6-7-14-12(9)10/h1-3,6-8,11H,4-5,13H2. The van der Waals surface area contributed by atoms with Crippen molar-refractivity contribution in [3.8, 4) is 0 Å². The molecule has 1 aliphatic carbocycles. The average Bonchev–Trinajstić information content (AvgIpc) is 2.94. The van der Waals surface area contributed by atoms with Crippen LogP contribution in [0.1, 0.15) is 24.4 Å². The van der Waals surface area contributed by atoms with E-state index in [2.05, 4.69) is 18.2 Å². The van der Waals surface area contributed by atoms with Crippen LogP contribution >= 0.6 is 0 Å². The Kier molecular flexibility index (Phi) is 1.64. The van der Waals surface area contributed by atoms with Gasteiger partial charge in [-0.25, -0.2) is 0 Å². The van der Waals surface area contributed by atoms with Gasteiger partial charge >= 0.3 is 0 Å². The van der Waals surface area contributed by atoms with E-state index in [4.69, 9.17) is 10.2 Å². The molecule has 1 aromatic carbocycles. The number of para-hydroxylation sites is 1. The first-order valence-corrected chi connectivity index (χ1v) is 5.08. The Hall–Kier alpha value is -1.28. The lowest BCUT2D eigenvalue weighted by Gasteiger charge is -2.10. The van der Waals surface area contributed by atoms with Gasteiger partial charge in [0, 0.05) is 17.0 Å². The third-order valence-electron chi connectivity index (χ3n) is 3.00. The van der Waals surface area contributed by atoms with Crippen LogP contribution in [0.2, 0.25) is 0 Å². The zero-order valence-electron chi connectivity index (χ0n) is 7.94. The van der Waals surface area contributed by atoms with E-state index in [9.17, 15) is 0 Å². The summed E-state index contributed by atoms with van der Waals surface area (Å²) in [5.41, 5.74) is 8.29. The fourth-order valence-electron chi connectivity index (χ4n) is 1.99. The fourth-order valence-corrected chi connectivity index (χ4v) is 1.99. The molecule has 1 aromatic heterocycles. The monoisotopic (exact) mass is 187 g/mol. The highest BCUT2D eigenvalue weighted by Gasteiger charge is 2.30. The zero-order valence-corrected chi connectivity index (χ0v) is 7.94. The first-order chi connectivity index (χ1) is 6.86. The maximum atomic E-state index is 6.17. The van der Waals surface area contributed by atoms with E-state index in [0.29, 0.717) is 5.92 Å². The Balaban J connectivity index is 2.14. The summed E-state index contributed by atoms with van der Waals surface area (Å²) in [4.78, 5) is 0. The van der Waals surface area contributed by atoms with Crippen LogP contribution in [0.15, 0.2) is 34.9 Å². The van der Waals surface area contributed by atoms with Crippen molar-refractivity contribution in [2.45, 2.75) is 18.9 Å². The highest BCUT2D eigenvalue weighted by molar-refractivity contribution is 5.80. The third-order valence-corrected chi connectivity index (χ3v) is 3.00. The van der Waals surface area contributed by atoms with E-state index in [1.54, 1.807) is 6.26 Å². The fraction of sp³-hybridized carbons (Fsp3) is 0.333. The smallest absolute Gasteiger partial charge is 0.138 e. The van der Waals surface area contributed by atoms with Crippen molar-refractivity contribution in [3.63, 3.8) is 0 Å². The lowest BCUT2D eigenvalue weighted by molar-refractivity contribution is 0.583. The van der Waals surface area contributed by atoms with Crippen LogP contribution in [-0.2, 0) is 0 Å². The predicted octanol–water partition coefficient (Wildman–Crippen LogP) is 2.84. The van der Waals surface area contributed by atoms with Crippen molar-refractivity contribution in [2.75, 3.05) is 0 Å². The van der Waals surface area contributed by atoms with E-state index < -0.39 is 0 Å². The molecular weight excluding hydrogens is 174 g/mol. The molecular formula is C12H13NO. The van der Waals surface area contributed by atoms with E-state index in [-0.39, 0.29) is 6.04 Å². The molecule has 0 bridgehead atoms. The number of nitrogens with two attached hydrogens (primary N) is 1. The predicted molar refractivity (Wildman–Crippen MR) is 55.9 cm³/mol. The van der Waals surface area contributed by atoms with E-state index in [1.165, 1.54) is 12.8 Å². The quantitative estimate of drug-likeness (QED) is 0.785. The molecule has 2 heteroatoms. The minimum absolute atomic E-state index is 0.157. The van der Waals surface area contributed by atoms with Gasteiger partial charge in [0.15, 0.2) is 0 Å². The summed E-state index contributed by atoms with van der Waals surface area (Å²) in [7, 11) is 0. The summed E-state index contributed by atoms with van der Waals surface area (Å²) < 4.78 is 5.47. The minimum atomic E-state index is 0.157. The van der Waals surface area contributed by atoms with E-state index >= 15 is 0 Å². The summed E-state index contributed by atoms with van der Waals surface area (Å²) in [5.74, 6) is 0.672. The van der Waals surface area contributed by atoms with Crippen LogP contribution in [0, 0.1) is 5.92 Å². The van der Waals surface area contributed by atoms with Crippen LogP contribution in [0.3, 0.4) is 0 Å². The van der Waals surface area contributed by atoms with E-state index in [0.717, 1.165) is 16.5 Å². The first-order valence-electron chi connectivity index (χ1n) is 5.08. The maximum absolute atomic E-state index is 6.17. The number of rotatable bonds is 2. The van der Waals surface area contributed by atoms with Crippen molar-refractivity contribution in [2.24, 2.45) is 11.7 Å². The maximum Gasteiger partial charge on any atom is 0.138 e. The second-order valence-electron chi connectivity index (χ2n) is 4.05. The van der Waals surface area contributed by atoms with Crippen LogP contribution in [0.25, 0.3) is 11.0 Å². The summed E-state index contributed by atoms with van der Waals surface area (Å²) in [5, 5.41) is 1.15. The molecule has 1 heterocycles. The van der Waals surface area contributed by atoms with Gasteiger partial charge in [0.2, 0.25) is 0 Å². The Morgan fingerprint density at radius 1 is 1.29 bits per heavy atom. The van der Waals surface area contributed by atoms with Crippen LogP contribution in [0.5, 0.6) is 0 Å². The van der Waals surface area contributed by atoms with Crippen LogP contribution < -0.4 is 5.73 Å². The Labute approximate surface area is 82.7 Å². The number of fused-ring (bicyclic) bond motifs is 1. The second-order valence-corrected chi connectivity index (χ2v) is 4.05. The highest BCUT2D eigenvalue weighted by Crippen LogP contribution is 2.41. The largest absolute Gasteiger partial charge is 0.464 e. The van der Waals surface area contributed by atoms with Gasteiger partial charge in [-0.1, -0.05) is 18.2 Å². The average molecular weight is 187 g/mol. The molecule has 2 nitrogen and oxygen atoms in total. The first kappa shape index (κ1) is 8.06. The molecule has 2 N–H and O–H groups in total. The molecule has 1 aliphatic rings. The molecule has 2 aromatic rings. The van der Waals surface area contributed by atoms with Gasteiger partial charge in [0.05, 0.1) is 6.26 Å². The van der Waals surface area contributed by atoms with Gasteiger partial charge in [-0.15, -0.1) is 0 Å². The van der Waals surface area contributed by atoms with Gasteiger partial charge in [0.1, 0.15) is 5.58 Å². The van der Waals surface area contributed by atoms with E-state index in [1.807, 2.05) is 6.07 Å². The lowest BCUT2D eigenvalue weighted by Crippen LogP contribution is -2.12. The van der Waals surface area contributed by atoms with Crippen molar-refractivity contribution < 1.29 is 4.42 Å². The molecule has 0 amide bonds. The molecule has 1 atom stereocenters. The normalized spacial score (nSPS) is 18.6. The van der Waals surface area contributed by atoms with Crippen molar-refractivity contribution in [1.82, 2.24) is 0 Å². The molecule has 14 heavy (non-hydrogen) atoms. The molecule has 72 valence electrons. The summed E-state index contributed by atoms with van der Waals surface area (Å²) in [6.45, 7) is 0. The number of benzene rings is 1. The van der Waals surface area contributed by atoms with Gasteiger partial charge in [-0.05, 0) is 24.8 Å². The van der Waals surface area contributed by atoms with Crippen LogP contribution in [-0.4, -0.2) is 0 Å². The Morgan fingerprint density at radius 3 is 2.93 bits per heavy atom. The van der Waals surface area contributed by atoms with Crippen molar-refractivity contribution >= 4 is 11.0 Å². The molecule has 3 rings (SSSR count). The molecule has 1 saturated carbocycles. The number of hydrogen-bond donors (Lipinski definition) is 1. The summed E-state index contributed by atoms with van der Waals surface area (Å²) in [6.07, 6.45) is 4.25. The Morgan fingerprint density at radius 2 is 2.14 bits per heavy atom. The minimum Gasteiger partial charge on any atom is -0.464 e. The number of hydrogen-bond acceptors (Lipinski definition) is 2. The lowest BCUT2D eigenvalue weighted by atomic mass is 10.0. The van der Waals surface area contributed by atoms with Gasteiger partial charge in [-0.3, -0.25) is 0 Å². The van der Waals surface area contributed by atoms with Gasteiger partial charge in [-0.2, -0.15) is 0 Å². The number of furan rings is 1.